The predicted molar refractivity (Wildman–Crippen MR) is 99.1 cm³/mol. The smallest absolute Gasteiger partial charge is 0.238 e. The van der Waals surface area contributed by atoms with Crippen molar-refractivity contribution in [1.82, 2.24) is 5.32 Å². The highest BCUT2D eigenvalue weighted by Gasteiger charge is 2.20. The standard InChI is InChI=1S/C19H19ClN2O4/c1-11(13-5-3-4-6-15(13)20)21-9-19(24)22-16-8-18-17(25-10-26-18)7-14(16)12(2)23/h3-8,11,21H,9-10H2,1-2H3,(H,22,24). The lowest BCUT2D eigenvalue weighted by Gasteiger charge is -2.16. The molecule has 1 aliphatic heterocycles. The first kappa shape index (κ1) is 18.2. The van der Waals surface area contributed by atoms with Gasteiger partial charge < -0.3 is 20.1 Å². The average molecular weight is 375 g/mol. The number of ether oxygens (including phenoxy) is 2. The van der Waals surface area contributed by atoms with E-state index in [2.05, 4.69) is 10.6 Å². The number of hydrogen-bond acceptors (Lipinski definition) is 5. The molecule has 0 fully saturated rings. The fourth-order valence-electron chi connectivity index (χ4n) is 2.71. The van der Waals surface area contributed by atoms with Crippen molar-refractivity contribution >= 4 is 29.0 Å². The average Bonchev–Trinajstić information content (AvgIpc) is 3.06. The normalized spacial score (nSPS) is 13.3. The highest BCUT2D eigenvalue weighted by Crippen LogP contribution is 2.37. The van der Waals surface area contributed by atoms with Gasteiger partial charge in [0, 0.05) is 22.7 Å². The van der Waals surface area contributed by atoms with E-state index in [4.69, 9.17) is 21.1 Å². The molecule has 0 saturated heterocycles. The van der Waals surface area contributed by atoms with Crippen LogP contribution in [0.3, 0.4) is 0 Å². The van der Waals surface area contributed by atoms with Gasteiger partial charge in [0.1, 0.15) is 0 Å². The third-order valence-corrected chi connectivity index (χ3v) is 4.45. The molecule has 1 unspecified atom stereocenters. The van der Waals surface area contributed by atoms with Crippen LogP contribution in [0.15, 0.2) is 36.4 Å². The first-order valence-corrected chi connectivity index (χ1v) is 8.55. The van der Waals surface area contributed by atoms with Gasteiger partial charge in [0.25, 0.3) is 0 Å². The molecule has 2 N–H and O–H groups in total. The minimum absolute atomic E-state index is 0.0676. The third-order valence-electron chi connectivity index (χ3n) is 4.11. The van der Waals surface area contributed by atoms with Crippen molar-refractivity contribution in [2.24, 2.45) is 0 Å². The Morgan fingerprint density at radius 2 is 1.88 bits per heavy atom. The van der Waals surface area contributed by atoms with E-state index < -0.39 is 0 Å². The van der Waals surface area contributed by atoms with Gasteiger partial charge in [0.05, 0.1) is 12.2 Å². The van der Waals surface area contributed by atoms with Crippen LogP contribution in [0.5, 0.6) is 11.5 Å². The lowest BCUT2D eigenvalue weighted by Crippen LogP contribution is -2.30. The maximum absolute atomic E-state index is 12.3. The van der Waals surface area contributed by atoms with E-state index in [1.807, 2.05) is 25.1 Å². The number of carbonyl (C=O) groups is 2. The number of amides is 1. The molecule has 6 nitrogen and oxygen atoms in total. The highest BCUT2D eigenvalue weighted by atomic mass is 35.5. The molecule has 0 bridgehead atoms. The molecule has 7 heteroatoms. The summed E-state index contributed by atoms with van der Waals surface area (Å²) in [4.78, 5) is 24.2. The second-order valence-corrected chi connectivity index (χ2v) is 6.39. The van der Waals surface area contributed by atoms with Gasteiger partial charge >= 0.3 is 0 Å². The Hall–Kier alpha value is -2.57. The number of rotatable bonds is 6. The van der Waals surface area contributed by atoms with Gasteiger partial charge in [-0.05, 0) is 31.5 Å². The van der Waals surface area contributed by atoms with Crippen LogP contribution in [0.4, 0.5) is 5.69 Å². The molecule has 2 aromatic carbocycles. The fourth-order valence-corrected chi connectivity index (χ4v) is 3.01. The van der Waals surface area contributed by atoms with E-state index in [0.717, 1.165) is 5.56 Å². The largest absolute Gasteiger partial charge is 0.454 e. The Labute approximate surface area is 156 Å². The van der Waals surface area contributed by atoms with Crippen molar-refractivity contribution < 1.29 is 19.1 Å². The first-order valence-electron chi connectivity index (χ1n) is 8.18. The van der Waals surface area contributed by atoms with Crippen LogP contribution in [-0.2, 0) is 4.79 Å². The molecule has 1 atom stereocenters. The summed E-state index contributed by atoms with van der Waals surface area (Å²) in [7, 11) is 0. The van der Waals surface area contributed by atoms with Gasteiger partial charge in [0.2, 0.25) is 12.7 Å². The minimum Gasteiger partial charge on any atom is -0.454 e. The Morgan fingerprint density at radius 3 is 2.58 bits per heavy atom. The summed E-state index contributed by atoms with van der Waals surface area (Å²) in [6.07, 6.45) is 0. The summed E-state index contributed by atoms with van der Waals surface area (Å²) >= 11 is 6.17. The molecule has 3 rings (SSSR count). The van der Waals surface area contributed by atoms with Gasteiger partial charge in [-0.1, -0.05) is 29.8 Å². The van der Waals surface area contributed by atoms with E-state index in [-0.39, 0.29) is 31.1 Å². The van der Waals surface area contributed by atoms with E-state index in [1.165, 1.54) is 6.92 Å². The Bertz CT molecular complexity index is 853. The summed E-state index contributed by atoms with van der Waals surface area (Å²) in [6, 6.07) is 10.6. The zero-order chi connectivity index (χ0) is 18.7. The van der Waals surface area contributed by atoms with E-state index in [1.54, 1.807) is 18.2 Å². The molecule has 2 aromatic rings. The zero-order valence-electron chi connectivity index (χ0n) is 14.5. The maximum atomic E-state index is 12.3. The summed E-state index contributed by atoms with van der Waals surface area (Å²) in [5.41, 5.74) is 1.69. The van der Waals surface area contributed by atoms with Crippen molar-refractivity contribution in [2.45, 2.75) is 19.9 Å². The molecular formula is C19H19ClN2O4. The Balaban J connectivity index is 1.67. The SMILES string of the molecule is CC(=O)c1cc2c(cc1NC(=O)CNC(C)c1ccccc1Cl)OCO2. The third kappa shape index (κ3) is 3.98. The molecule has 0 radical (unpaired) electrons. The summed E-state index contributed by atoms with van der Waals surface area (Å²) in [5, 5.41) is 6.52. The van der Waals surface area contributed by atoms with E-state index in [0.29, 0.717) is 27.8 Å². The number of fused-ring (bicyclic) bond motifs is 1. The molecule has 1 aliphatic rings. The fraction of sp³-hybridized carbons (Fsp3) is 0.263. The summed E-state index contributed by atoms with van der Waals surface area (Å²) in [6.45, 7) is 3.53. The van der Waals surface area contributed by atoms with Crippen molar-refractivity contribution in [1.29, 1.82) is 0 Å². The van der Waals surface area contributed by atoms with Crippen LogP contribution < -0.4 is 20.1 Å². The maximum Gasteiger partial charge on any atom is 0.238 e. The number of ketones is 1. The number of Topliss-reactive ketones (excluding diaryl/α,β-unsaturated/α-hetero) is 1. The molecule has 1 amide bonds. The lowest BCUT2D eigenvalue weighted by molar-refractivity contribution is -0.115. The van der Waals surface area contributed by atoms with E-state index >= 15 is 0 Å². The van der Waals surface area contributed by atoms with Crippen LogP contribution in [0.1, 0.15) is 35.8 Å². The molecule has 0 spiro atoms. The summed E-state index contributed by atoms with van der Waals surface area (Å²) in [5.74, 6) is 0.558. The molecule has 0 saturated carbocycles. The van der Waals surface area contributed by atoms with Gasteiger partial charge in [-0.3, -0.25) is 9.59 Å². The number of hydrogen-bond donors (Lipinski definition) is 2. The molecule has 0 aromatic heterocycles. The number of nitrogens with one attached hydrogen (secondary N) is 2. The van der Waals surface area contributed by atoms with E-state index in [9.17, 15) is 9.59 Å². The molecule has 26 heavy (non-hydrogen) atoms. The van der Waals surface area contributed by atoms with Gasteiger partial charge in [-0.15, -0.1) is 0 Å². The van der Waals surface area contributed by atoms with Crippen LogP contribution in [0, 0.1) is 0 Å². The van der Waals surface area contributed by atoms with Crippen molar-refractivity contribution in [3.63, 3.8) is 0 Å². The number of halogens is 1. The first-order chi connectivity index (χ1) is 12.5. The Morgan fingerprint density at radius 1 is 1.19 bits per heavy atom. The van der Waals surface area contributed by atoms with Crippen LogP contribution in [-0.4, -0.2) is 25.0 Å². The quantitative estimate of drug-likeness (QED) is 0.756. The van der Waals surface area contributed by atoms with Gasteiger partial charge in [-0.2, -0.15) is 0 Å². The van der Waals surface area contributed by atoms with Gasteiger partial charge in [0.15, 0.2) is 17.3 Å². The number of anilines is 1. The second kappa shape index (κ2) is 7.76. The van der Waals surface area contributed by atoms with Crippen molar-refractivity contribution in [3.8, 4) is 11.5 Å². The van der Waals surface area contributed by atoms with Crippen molar-refractivity contribution in [3.05, 3.63) is 52.5 Å². The summed E-state index contributed by atoms with van der Waals surface area (Å²) < 4.78 is 10.6. The topological polar surface area (TPSA) is 76.7 Å². The van der Waals surface area contributed by atoms with Crippen molar-refractivity contribution in [2.75, 3.05) is 18.7 Å². The molecule has 0 aliphatic carbocycles. The number of benzene rings is 2. The second-order valence-electron chi connectivity index (χ2n) is 5.98. The highest BCUT2D eigenvalue weighted by molar-refractivity contribution is 6.31. The van der Waals surface area contributed by atoms with Gasteiger partial charge in [-0.25, -0.2) is 0 Å². The molecular weight excluding hydrogens is 356 g/mol. The van der Waals surface area contributed by atoms with Crippen LogP contribution in [0.2, 0.25) is 5.02 Å². The zero-order valence-corrected chi connectivity index (χ0v) is 15.2. The lowest BCUT2D eigenvalue weighted by atomic mass is 10.1. The van der Waals surface area contributed by atoms with Crippen LogP contribution >= 0.6 is 11.6 Å². The monoisotopic (exact) mass is 374 g/mol. The van der Waals surface area contributed by atoms with Crippen LogP contribution in [0.25, 0.3) is 0 Å². The predicted octanol–water partition coefficient (Wildman–Crippen LogP) is 3.56. The Kier molecular flexibility index (Phi) is 5.44. The minimum atomic E-state index is -0.273. The number of carbonyl (C=O) groups excluding carboxylic acids is 2. The molecule has 136 valence electrons. The molecule has 1 heterocycles.